The van der Waals surface area contributed by atoms with Gasteiger partial charge in [0.1, 0.15) is 0 Å². The van der Waals surface area contributed by atoms with Crippen LogP contribution in [0, 0.1) is 0 Å². The first-order valence-corrected chi connectivity index (χ1v) is 7.50. The van der Waals surface area contributed by atoms with Crippen molar-refractivity contribution in [3.63, 3.8) is 0 Å². The highest BCUT2D eigenvalue weighted by atomic mass is 32.1. The van der Waals surface area contributed by atoms with Crippen molar-refractivity contribution in [1.82, 2.24) is 0 Å². The van der Waals surface area contributed by atoms with Crippen LogP contribution in [0.5, 0.6) is 11.5 Å². The Morgan fingerprint density at radius 3 is 2.71 bits per heavy atom. The minimum Gasteiger partial charge on any atom is -0.490 e. The molecule has 1 aliphatic rings. The molecule has 1 aromatic heterocycles. The fourth-order valence-electron chi connectivity index (χ4n) is 2.11. The van der Waals surface area contributed by atoms with Crippen LogP contribution in [0.1, 0.15) is 16.9 Å². The Balaban J connectivity index is 1.98. The standard InChI is InChI=1S/C16H14O4S/c17-16(18)12(15-3-1-8-21-15)9-11-4-5-13-14(10-11)20-7-2-6-19-13/h1,3-5,8-10H,2,6-7H2,(H,17,18)/b12-9-. The number of carboxylic acid groups (broad SMARTS) is 1. The fraction of sp³-hybridized carbons (Fsp3) is 0.188. The summed E-state index contributed by atoms with van der Waals surface area (Å²) in [6, 6.07) is 9.11. The van der Waals surface area contributed by atoms with Gasteiger partial charge in [0, 0.05) is 11.3 Å². The van der Waals surface area contributed by atoms with Crippen molar-refractivity contribution < 1.29 is 19.4 Å². The second-order valence-corrected chi connectivity index (χ2v) is 5.54. The van der Waals surface area contributed by atoms with Gasteiger partial charge >= 0.3 is 5.97 Å². The first kappa shape index (κ1) is 13.7. The zero-order chi connectivity index (χ0) is 14.7. The van der Waals surface area contributed by atoms with Gasteiger partial charge in [-0.3, -0.25) is 0 Å². The summed E-state index contributed by atoms with van der Waals surface area (Å²) in [7, 11) is 0. The molecule has 4 nitrogen and oxygen atoms in total. The van der Waals surface area contributed by atoms with Gasteiger partial charge in [0.05, 0.1) is 18.8 Å². The predicted molar refractivity (Wildman–Crippen MR) is 81.9 cm³/mol. The van der Waals surface area contributed by atoms with Crippen LogP contribution in [0.4, 0.5) is 0 Å². The van der Waals surface area contributed by atoms with Gasteiger partial charge in [-0.1, -0.05) is 12.1 Å². The summed E-state index contributed by atoms with van der Waals surface area (Å²) < 4.78 is 11.2. The molecule has 0 atom stereocenters. The van der Waals surface area contributed by atoms with Gasteiger partial charge in [-0.2, -0.15) is 0 Å². The Morgan fingerprint density at radius 2 is 2.00 bits per heavy atom. The zero-order valence-electron chi connectivity index (χ0n) is 11.2. The van der Waals surface area contributed by atoms with Gasteiger partial charge in [-0.05, 0) is 35.2 Å². The van der Waals surface area contributed by atoms with Crippen molar-refractivity contribution in [2.75, 3.05) is 13.2 Å². The van der Waals surface area contributed by atoms with E-state index in [1.807, 2.05) is 29.6 Å². The summed E-state index contributed by atoms with van der Waals surface area (Å²) in [5.41, 5.74) is 1.06. The maximum atomic E-state index is 11.4. The van der Waals surface area contributed by atoms with Crippen LogP contribution < -0.4 is 9.47 Å². The predicted octanol–water partition coefficient (Wildman–Crippen LogP) is 3.53. The van der Waals surface area contributed by atoms with Crippen molar-refractivity contribution in [3.8, 4) is 11.5 Å². The Kier molecular flexibility index (Phi) is 3.92. The van der Waals surface area contributed by atoms with Crippen LogP contribution in [-0.4, -0.2) is 24.3 Å². The first-order chi connectivity index (χ1) is 10.2. The molecule has 0 spiro atoms. The first-order valence-electron chi connectivity index (χ1n) is 6.62. The number of hydrogen-bond acceptors (Lipinski definition) is 4. The molecule has 0 radical (unpaired) electrons. The van der Waals surface area contributed by atoms with Crippen LogP contribution in [0.25, 0.3) is 11.6 Å². The van der Waals surface area contributed by atoms with Gasteiger partial charge in [0.15, 0.2) is 11.5 Å². The summed E-state index contributed by atoms with van der Waals surface area (Å²) >= 11 is 1.41. The van der Waals surface area contributed by atoms with E-state index in [1.165, 1.54) is 11.3 Å². The third kappa shape index (κ3) is 3.08. The number of hydrogen-bond donors (Lipinski definition) is 1. The molecule has 1 N–H and O–H groups in total. The number of aliphatic carboxylic acids is 1. The molecule has 0 saturated carbocycles. The quantitative estimate of drug-likeness (QED) is 0.881. The molecule has 0 saturated heterocycles. The second kappa shape index (κ2) is 6.01. The van der Waals surface area contributed by atoms with Crippen molar-refractivity contribution in [1.29, 1.82) is 0 Å². The zero-order valence-corrected chi connectivity index (χ0v) is 12.1. The molecule has 1 aliphatic heterocycles. The largest absolute Gasteiger partial charge is 0.490 e. The maximum Gasteiger partial charge on any atom is 0.337 e. The summed E-state index contributed by atoms with van der Waals surface area (Å²) in [6.45, 7) is 1.24. The lowest BCUT2D eigenvalue weighted by Gasteiger charge is -2.08. The van der Waals surface area contributed by atoms with E-state index in [4.69, 9.17) is 9.47 Å². The summed E-state index contributed by atoms with van der Waals surface area (Å²) in [5.74, 6) is 0.430. The van der Waals surface area contributed by atoms with E-state index in [2.05, 4.69) is 0 Å². The van der Waals surface area contributed by atoms with E-state index in [9.17, 15) is 9.90 Å². The highest BCUT2D eigenvalue weighted by molar-refractivity contribution is 7.11. The maximum absolute atomic E-state index is 11.4. The topological polar surface area (TPSA) is 55.8 Å². The molecule has 5 heteroatoms. The molecule has 2 aromatic rings. The number of fused-ring (bicyclic) bond motifs is 1. The van der Waals surface area contributed by atoms with Crippen LogP contribution in [0.2, 0.25) is 0 Å². The molecule has 108 valence electrons. The van der Waals surface area contributed by atoms with Crippen molar-refractivity contribution in [2.45, 2.75) is 6.42 Å². The molecule has 1 aromatic carbocycles. The Bertz CT molecular complexity index is 674. The average molecular weight is 302 g/mol. The third-order valence-electron chi connectivity index (χ3n) is 3.10. The molecule has 0 fully saturated rings. The lowest BCUT2D eigenvalue weighted by atomic mass is 10.1. The lowest BCUT2D eigenvalue weighted by Crippen LogP contribution is -1.98. The molecule has 0 aliphatic carbocycles. The van der Waals surface area contributed by atoms with E-state index in [-0.39, 0.29) is 5.57 Å². The Labute approximate surface area is 126 Å². The smallest absolute Gasteiger partial charge is 0.337 e. The normalized spacial score (nSPS) is 14.6. The van der Waals surface area contributed by atoms with Crippen LogP contribution >= 0.6 is 11.3 Å². The highest BCUT2D eigenvalue weighted by Crippen LogP contribution is 2.32. The van der Waals surface area contributed by atoms with Crippen molar-refractivity contribution >= 4 is 29.0 Å². The highest BCUT2D eigenvalue weighted by Gasteiger charge is 2.14. The molecule has 2 heterocycles. The molecule has 21 heavy (non-hydrogen) atoms. The SMILES string of the molecule is O=C(O)/C(=C\c1ccc2c(c1)OCCCO2)c1cccs1. The molecular weight excluding hydrogens is 288 g/mol. The molecular formula is C16H14O4S. The molecule has 0 bridgehead atoms. The second-order valence-electron chi connectivity index (χ2n) is 4.60. The minimum absolute atomic E-state index is 0.277. The summed E-state index contributed by atoms with van der Waals surface area (Å²) in [5, 5.41) is 11.2. The minimum atomic E-state index is -0.940. The number of thiophene rings is 1. The monoisotopic (exact) mass is 302 g/mol. The van der Waals surface area contributed by atoms with Crippen LogP contribution in [0.3, 0.4) is 0 Å². The van der Waals surface area contributed by atoms with Crippen LogP contribution in [0.15, 0.2) is 35.7 Å². The van der Waals surface area contributed by atoms with Gasteiger partial charge < -0.3 is 14.6 Å². The van der Waals surface area contributed by atoms with Crippen molar-refractivity contribution in [2.24, 2.45) is 0 Å². The Morgan fingerprint density at radius 1 is 1.19 bits per heavy atom. The van der Waals surface area contributed by atoms with E-state index < -0.39 is 5.97 Å². The molecule has 3 rings (SSSR count). The number of benzene rings is 1. The van der Waals surface area contributed by atoms with E-state index in [1.54, 1.807) is 12.1 Å². The van der Waals surface area contributed by atoms with E-state index in [0.29, 0.717) is 24.7 Å². The average Bonchev–Trinajstić information content (AvgIpc) is 2.89. The summed E-state index contributed by atoms with van der Waals surface area (Å²) in [6.07, 6.45) is 2.50. The summed E-state index contributed by atoms with van der Waals surface area (Å²) in [4.78, 5) is 12.2. The van der Waals surface area contributed by atoms with Crippen molar-refractivity contribution in [3.05, 3.63) is 46.2 Å². The number of carbonyl (C=O) groups is 1. The Hall–Kier alpha value is -2.27. The van der Waals surface area contributed by atoms with E-state index >= 15 is 0 Å². The number of ether oxygens (including phenoxy) is 2. The fourth-order valence-corrected chi connectivity index (χ4v) is 2.84. The van der Waals surface area contributed by atoms with Crippen LogP contribution in [-0.2, 0) is 4.79 Å². The van der Waals surface area contributed by atoms with Gasteiger partial charge in [0.25, 0.3) is 0 Å². The van der Waals surface area contributed by atoms with Gasteiger partial charge in [0.2, 0.25) is 0 Å². The molecule has 0 amide bonds. The van der Waals surface area contributed by atoms with E-state index in [0.717, 1.165) is 16.9 Å². The molecule has 0 unspecified atom stereocenters. The third-order valence-corrected chi connectivity index (χ3v) is 4.00. The van der Waals surface area contributed by atoms with Gasteiger partial charge in [-0.25, -0.2) is 4.79 Å². The number of rotatable bonds is 3. The van der Waals surface area contributed by atoms with Gasteiger partial charge in [-0.15, -0.1) is 11.3 Å². The lowest BCUT2D eigenvalue weighted by molar-refractivity contribution is -0.130. The number of carboxylic acids is 1.